The Labute approximate surface area is 172 Å². The van der Waals surface area contributed by atoms with Gasteiger partial charge in [0.05, 0.1) is 11.3 Å². The van der Waals surface area contributed by atoms with Crippen LogP contribution in [0.1, 0.15) is 44.6 Å². The van der Waals surface area contributed by atoms with Gasteiger partial charge in [0.25, 0.3) is 10.0 Å². The Hall–Kier alpha value is -2.41. The minimum Gasteiger partial charge on any atom is -0.340 e. The van der Waals surface area contributed by atoms with E-state index in [4.69, 9.17) is 0 Å². The van der Waals surface area contributed by atoms with Crippen molar-refractivity contribution in [2.75, 3.05) is 11.3 Å². The number of likely N-dealkylation sites (N-methyl/N-ethyl adjacent to an activating group) is 1. The van der Waals surface area contributed by atoms with Crippen LogP contribution in [0.25, 0.3) is 0 Å². The van der Waals surface area contributed by atoms with E-state index in [1.54, 1.807) is 24.3 Å². The van der Waals surface area contributed by atoms with Crippen LogP contribution in [0.3, 0.4) is 0 Å². The van der Waals surface area contributed by atoms with Gasteiger partial charge in [-0.3, -0.25) is 9.52 Å². The van der Waals surface area contributed by atoms with Crippen LogP contribution in [0.5, 0.6) is 0 Å². The second kappa shape index (κ2) is 9.39. The second-order valence-electron chi connectivity index (χ2n) is 7.40. The number of anilines is 1. The molecular weight excluding hydrogens is 391 g/mol. The maximum absolute atomic E-state index is 13.0. The van der Waals surface area contributed by atoms with Crippen molar-refractivity contribution in [3.63, 3.8) is 0 Å². The summed E-state index contributed by atoms with van der Waals surface area (Å²) in [6.45, 7) is 2.72. The van der Waals surface area contributed by atoms with Crippen LogP contribution >= 0.6 is 0 Å². The highest BCUT2D eigenvalue weighted by atomic mass is 32.2. The molecule has 2 aromatic rings. The molecule has 1 amide bonds. The molecule has 5 nitrogen and oxygen atoms in total. The molecule has 0 aromatic heterocycles. The lowest BCUT2D eigenvalue weighted by Crippen LogP contribution is -2.42. The number of nitrogens with one attached hydrogen (secondary N) is 1. The predicted molar refractivity (Wildman–Crippen MR) is 112 cm³/mol. The van der Waals surface area contributed by atoms with Gasteiger partial charge in [-0.1, -0.05) is 31.4 Å². The Bertz CT molecular complexity index is 922. The fourth-order valence-corrected chi connectivity index (χ4v) is 4.88. The summed E-state index contributed by atoms with van der Waals surface area (Å²) in [5.74, 6) is -0.383. The Kier molecular flexibility index (Phi) is 6.90. The first-order valence-corrected chi connectivity index (χ1v) is 11.5. The van der Waals surface area contributed by atoms with Crippen LogP contribution in [-0.2, 0) is 21.2 Å². The van der Waals surface area contributed by atoms with Gasteiger partial charge in [0, 0.05) is 18.3 Å². The summed E-state index contributed by atoms with van der Waals surface area (Å²) >= 11 is 0. The zero-order valence-electron chi connectivity index (χ0n) is 16.6. The molecule has 1 N–H and O–H groups in total. The number of halogens is 1. The van der Waals surface area contributed by atoms with Crippen LogP contribution in [-0.4, -0.2) is 31.8 Å². The quantitative estimate of drug-likeness (QED) is 0.727. The van der Waals surface area contributed by atoms with Gasteiger partial charge in [-0.2, -0.15) is 0 Å². The molecule has 2 aromatic carbocycles. The van der Waals surface area contributed by atoms with Crippen LogP contribution < -0.4 is 4.72 Å². The molecule has 7 heteroatoms. The summed E-state index contributed by atoms with van der Waals surface area (Å²) in [7, 11) is -3.79. The maximum atomic E-state index is 13.0. The predicted octanol–water partition coefficient (Wildman–Crippen LogP) is 4.35. The fourth-order valence-electron chi connectivity index (χ4n) is 3.83. The Morgan fingerprint density at radius 3 is 2.24 bits per heavy atom. The molecule has 1 aliphatic carbocycles. The summed E-state index contributed by atoms with van der Waals surface area (Å²) in [5.41, 5.74) is 1.24. The number of amides is 1. The summed E-state index contributed by atoms with van der Waals surface area (Å²) in [4.78, 5) is 14.7. The molecule has 0 aliphatic heterocycles. The van der Waals surface area contributed by atoms with E-state index in [-0.39, 0.29) is 10.8 Å². The molecule has 0 unspecified atom stereocenters. The molecule has 0 spiro atoms. The molecule has 3 rings (SSSR count). The van der Waals surface area contributed by atoms with Crippen molar-refractivity contribution in [1.29, 1.82) is 0 Å². The zero-order chi connectivity index (χ0) is 20.9. The van der Waals surface area contributed by atoms with Gasteiger partial charge in [-0.15, -0.1) is 0 Å². The lowest BCUT2D eigenvalue weighted by atomic mass is 9.93. The van der Waals surface area contributed by atoms with Gasteiger partial charge in [0.2, 0.25) is 5.91 Å². The number of carbonyl (C=O) groups excluding carboxylic acids is 1. The molecule has 156 valence electrons. The average molecular weight is 419 g/mol. The zero-order valence-corrected chi connectivity index (χ0v) is 17.4. The molecular formula is C22H27FN2O3S. The highest BCUT2D eigenvalue weighted by Gasteiger charge is 2.24. The SMILES string of the molecule is CCN(C(=O)Cc1ccc(NS(=O)(=O)c2ccc(F)cc2)cc1)C1CCCCC1. The van der Waals surface area contributed by atoms with Crippen molar-refractivity contribution in [2.24, 2.45) is 0 Å². The van der Waals surface area contributed by atoms with Crippen LogP contribution in [0.15, 0.2) is 53.4 Å². The van der Waals surface area contributed by atoms with Gasteiger partial charge in [-0.05, 0) is 61.7 Å². The van der Waals surface area contributed by atoms with E-state index in [0.29, 0.717) is 24.7 Å². The number of nitrogens with zero attached hydrogens (tertiary/aromatic N) is 1. The average Bonchev–Trinajstić information content (AvgIpc) is 2.71. The number of hydrogen-bond acceptors (Lipinski definition) is 3. The minimum atomic E-state index is -3.79. The van der Waals surface area contributed by atoms with E-state index < -0.39 is 15.8 Å². The molecule has 0 saturated heterocycles. The van der Waals surface area contributed by atoms with Crippen molar-refractivity contribution in [1.82, 2.24) is 4.90 Å². The third-order valence-corrected chi connectivity index (χ3v) is 6.76. The highest BCUT2D eigenvalue weighted by Crippen LogP contribution is 2.23. The van der Waals surface area contributed by atoms with E-state index >= 15 is 0 Å². The molecule has 29 heavy (non-hydrogen) atoms. The highest BCUT2D eigenvalue weighted by molar-refractivity contribution is 7.92. The smallest absolute Gasteiger partial charge is 0.261 e. The van der Waals surface area contributed by atoms with Crippen molar-refractivity contribution >= 4 is 21.6 Å². The fraction of sp³-hybridized carbons (Fsp3) is 0.409. The number of carbonyl (C=O) groups is 1. The van der Waals surface area contributed by atoms with Crippen LogP contribution in [0, 0.1) is 5.82 Å². The van der Waals surface area contributed by atoms with E-state index in [1.807, 2.05) is 11.8 Å². The first kappa shape index (κ1) is 21.3. The van der Waals surface area contributed by atoms with Gasteiger partial charge >= 0.3 is 0 Å². The lowest BCUT2D eigenvalue weighted by Gasteiger charge is -2.33. The lowest BCUT2D eigenvalue weighted by molar-refractivity contribution is -0.133. The topological polar surface area (TPSA) is 66.5 Å². The van der Waals surface area contributed by atoms with Crippen LogP contribution in [0.2, 0.25) is 0 Å². The Balaban J connectivity index is 1.63. The van der Waals surface area contributed by atoms with Crippen molar-refractivity contribution in [2.45, 2.75) is 56.4 Å². The number of benzene rings is 2. The minimum absolute atomic E-state index is 0.00998. The molecule has 1 saturated carbocycles. The van der Waals surface area contributed by atoms with E-state index in [9.17, 15) is 17.6 Å². The number of sulfonamides is 1. The second-order valence-corrected chi connectivity index (χ2v) is 9.09. The summed E-state index contributed by atoms with van der Waals surface area (Å²) in [6, 6.07) is 11.8. The van der Waals surface area contributed by atoms with E-state index in [0.717, 1.165) is 30.5 Å². The molecule has 1 aliphatic rings. The maximum Gasteiger partial charge on any atom is 0.261 e. The summed E-state index contributed by atoms with van der Waals surface area (Å²) in [6.07, 6.45) is 6.05. The van der Waals surface area contributed by atoms with Crippen molar-refractivity contribution in [3.8, 4) is 0 Å². The monoisotopic (exact) mass is 418 g/mol. The molecule has 1 fully saturated rings. The number of rotatable bonds is 7. The Morgan fingerprint density at radius 1 is 1.03 bits per heavy atom. The standard InChI is InChI=1S/C22H27FN2O3S/c1-2-25(20-6-4-3-5-7-20)22(26)16-17-8-12-19(13-9-17)24-29(27,28)21-14-10-18(23)11-15-21/h8-15,20,24H,2-7,16H2,1H3. The first-order valence-electron chi connectivity index (χ1n) is 10.1. The van der Waals surface area contributed by atoms with E-state index in [1.165, 1.54) is 31.4 Å². The Morgan fingerprint density at radius 2 is 1.66 bits per heavy atom. The third-order valence-electron chi connectivity index (χ3n) is 5.36. The van der Waals surface area contributed by atoms with Gasteiger partial charge in [-0.25, -0.2) is 12.8 Å². The summed E-state index contributed by atoms with van der Waals surface area (Å²) < 4.78 is 40.2. The first-order chi connectivity index (χ1) is 13.9. The third kappa shape index (κ3) is 5.56. The number of hydrogen-bond donors (Lipinski definition) is 1. The van der Waals surface area contributed by atoms with Crippen molar-refractivity contribution < 1.29 is 17.6 Å². The van der Waals surface area contributed by atoms with Crippen molar-refractivity contribution in [3.05, 3.63) is 59.9 Å². The van der Waals surface area contributed by atoms with Gasteiger partial charge in [0.15, 0.2) is 0 Å². The normalized spacial score (nSPS) is 15.1. The van der Waals surface area contributed by atoms with Gasteiger partial charge in [0.1, 0.15) is 5.82 Å². The van der Waals surface area contributed by atoms with Crippen LogP contribution in [0.4, 0.5) is 10.1 Å². The molecule has 0 radical (unpaired) electrons. The summed E-state index contributed by atoms with van der Waals surface area (Å²) in [5, 5.41) is 0. The molecule has 0 heterocycles. The molecule has 0 bridgehead atoms. The largest absolute Gasteiger partial charge is 0.340 e. The molecule has 0 atom stereocenters. The van der Waals surface area contributed by atoms with Gasteiger partial charge < -0.3 is 4.90 Å². The van der Waals surface area contributed by atoms with E-state index in [2.05, 4.69) is 4.72 Å².